The van der Waals surface area contributed by atoms with Crippen LogP contribution in [0.3, 0.4) is 0 Å². The van der Waals surface area contributed by atoms with Crippen LogP contribution >= 0.6 is 0 Å². The summed E-state index contributed by atoms with van der Waals surface area (Å²) < 4.78 is 0. The van der Waals surface area contributed by atoms with Crippen molar-refractivity contribution < 1.29 is 4.79 Å². The molecule has 116 valence electrons. The van der Waals surface area contributed by atoms with Gasteiger partial charge in [0.05, 0.1) is 0 Å². The number of hydrogen-bond acceptors (Lipinski definition) is 2. The fourth-order valence-corrected chi connectivity index (χ4v) is 2.41. The molecule has 0 bridgehead atoms. The number of carbonyl (C=O) groups excluding carboxylic acids is 1. The molecule has 2 rings (SSSR count). The maximum absolute atomic E-state index is 12.5. The van der Waals surface area contributed by atoms with Gasteiger partial charge in [-0.05, 0) is 49.6 Å². The fourth-order valence-electron chi connectivity index (χ4n) is 2.41. The van der Waals surface area contributed by atoms with E-state index in [4.69, 9.17) is 0 Å². The Balaban J connectivity index is 1.97. The average molecular weight is 296 g/mol. The first-order valence-corrected chi connectivity index (χ1v) is 7.60. The molecule has 1 N–H and O–H groups in total. The molecule has 0 fully saturated rings. The number of benzene rings is 2. The highest BCUT2D eigenvalue weighted by Gasteiger charge is 2.17. The molecule has 0 aliphatic carbocycles. The minimum atomic E-state index is -0.254. The molecule has 0 aliphatic rings. The van der Waals surface area contributed by atoms with Gasteiger partial charge in [0.1, 0.15) is 6.04 Å². The molecular formula is C19H24N2O. The van der Waals surface area contributed by atoms with Crippen molar-refractivity contribution in [1.82, 2.24) is 4.90 Å². The van der Waals surface area contributed by atoms with Crippen LogP contribution in [0.15, 0.2) is 48.5 Å². The molecule has 0 saturated heterocycles. The molecule has 0 radical (unpaired) electrons. The number of anilines is 1. The number of amides is 1. The monoisotopic (exact) mass is 296 g/mol. The van der Waals surface area contributed by atoms with Crippen molar-refractivity contribution in [2.75, 3.05) is 12.4 Å². The molecule has 1 amide bonds. The second kappa shape index (κ2) is 7.12. The Morgan fingerprint density at radius 1 is 1.09 bits per heavy atom. The molecule has 0 heterocycles. The SMILES string of the molecule is Cc1ccc(NC(C)C(=O)N(C)Cc2ccccc2)cc1C. The van der Waals surface area contributed by atoms with Gasteiger partial charge in [0.15, 0.2) is 0 Å². The van der Waals surface area contributed by atoms with E-state index in [2.05, 4.69) is 31.3 Å². The molecule has 0 aliphatic heterocycles. The molecule has 22 heavy (non-hydrogen) atoms. The minimum Gasteiger partial charge on any atom is -0.374 e. The summed E-state index contributed by atoms with van der Waals surface area (Å²) in [4.78, 5) is 14.2. The van der Waals surface area contributed by atoms with Crippen molar-refractivity contribution in [2.45, 2.75) is 33.4 Å². The lowest BCUT2D eigenvalue weighted by atomic mass is 10.1. The van der Waals surface area contributed by atoms with Crippen LogP contribution in [-0.2, 0) is 11.3 Å². The fraction of sp³-hybridized carbons (Fsp3) is 0.316. The van der Waals surface area contributed by atoms with Gasteiger partial charge in [-0.25, -0.2) is 0 Å². The third-order valence-corrected chi connectivity index (χ3v) is 3.90. The average Bonchev–Trinajstić information content (AvgIpc) is 2.51. The number of likely N-dealkylation sites (N-methyl/N-ethyl adjacent to an activating group) is 1. The Morgan fingerprint density at radius 3 is 2.41 bits per heavy atom. The lowest BCUT2D eigenvalue weighted by molar-refractivity contribution is -0.130. The summed E-state index contributed by atoms with van der Waals surface area (Å²) in [7, 11) is 1.84. The summed E-state index contributed by atoms with van der Waals surface area (Å²) in [5.41, 5.74) is 4.60. The quantitative estimate of drug-likeness (QED) is 0.911. The van der Waals surface area contributed by atoms with Gasteiger partial charge in [-0.1, -0.05) is 36.4 Å². The molecule has 3 heteroatoms. The Labute approximate surface area is 133 Å². The van der Waals surface area contributed by atoms with Gasteiger partial charge >= 0.3 is 0 Å². The Kier molecular flexibility index (Phi) is 5.21. The van der Waals surface area contributed by atoms with Crippen LogP contribution in [0.4, 0.5) is 5.69 Å². The van der Waals surface area contributed by atoms with E-state index >= 15 is 0 Å². The zero-order valence-electron chi connectivity index (χ0n) is 13.8. The Bertz CT molecular complexity index is 637. The van der Waals surface area contributed by atoms with Crippen LogP contribution in [0.2, 0.25) is 0 Å². The van der Waals surface area contributed by atoms with Gasteiger partial charge in [0.2, 0.25) is 5.91 Å². The summed E-state index contributed by atoms with van der Waals surface area (Å²) in [5, 5.41) is 3.29. The lowest BCUT2D eigenvalue weighted by Gasteiger charge is -2.23. The van der Waals surface area contributed by atoms with Crippen LogP contribution in [0.25, 0.3) is 0 Å². The second-order valence-corrected chi connectivity index (χ2v) is 5.84. The van der Waals surface area contributed by atoms with Gasteiger partial charge in [0.25, 0.3) is 0 Å². The lowest BCUT2D eigenvalue weighted by Crippen LogP contribution is -2.38. The Morgan fingerprint density at radius 2 is 1.77 bits per heavy atom. The molecule has 0 saturated carbocycles. The van der Waals surface area contributed by atoms with Gasteiger partial charge in [-0.3, -0.25) is 4.79 Å². The first-order valence-electron chi connectivity index (χ1n) is 7.60. The molecule has 2 aromatic carbocycles. The van der Waals surface area contributed by atoms with Gasteiger partial charge in [-0.2, -0.15) is 0 Å². The number of rotatable bonds is 5. The van der Waals surface area contributed by atoms with Crippen LogP contribution < -0.4 is 5.32 Å². The third kappa shape index (κ3) is 4.10. The molecule has 0 spiro atoms. The topological polar surface area (TPSA) is 32.3 Å². The van der Waals surface area contributed by atoms with E-state index in [1.165, 1.54) is 11.1 Å². The van der Waals surface area contributed by atoms with E-state index in [9.17, 15) is 4.79 Å². The summed E-state index contributed by atoms with van der Waals surface area (Å²) in [6.45, 7) is 6.69. The maximum Gasteiger partial charge on any atom is 0.244 e. The second-order valence-electron chi connectivity index (χ2n) is 5.84. The van der Waals surface area contributed by atoms with Crippen molar-refractivity contribution in [3.05, 3.63) is 65.2 Å². The van der Waals surface area contributed by atoms with Gasteiger partial charge < -0.3 is 10.2 Å². The highest BCUT2D eigenvalue weighted by atomic mass is 16.2. The molecule has 3 nitrogen and oxygen atoms in total. The molecule has 1 atom stereocenters. The molecule has 0 aromatic heterocycles. The summed E-state index contributed by atoms with van der Waals surface area (Å²) in [6.07, 6.45) is 0. The van der Waals surface area contributed by atoms with Gasteiger partial charge in [0, 0.05) is 19.3 Å². The maximum atomic E-state index is 12.5. The summed E-state index contributed by atoms with van der Waals surface area (Å²) in [5.74, 6) is 0.0853. The van der Waals surface area contributed by atoms with Crippen molar-refractivity contribution in [3.63, 3.8) is 0 Å². The van der Waals surface area contributed by atoms with Gasteiger partial charge in [-0.15, -0.1) is 0 Å². The van der Waals surface area contributed by atoms with E-state index < -0.39 is 0 Å². The van der Waals surface area contributed by atoms with Crippen LogP contribution in [0.5, 0.6) is 0 Å². The van der Waals surface area contributed by atoms with Crippen LogP contribution in [0.1, 0.15) is 23.6 Å². The van der Waals surface area contributed by atoms with Crippen molar-refractivity contribution in [1.29, 1.82) is 0 Å². The largest absolute Gasteiger partial charge is 0.374 e. The number of nitrogens with one attached hydrogen (secondary N) is 1. The van der Waals surface area contributed by atoms with Crippen LogP contribution in [0, 0.1) is 13.8 Å². The van der Waals surface area contributed by atoms with E-state index in [1.54, 1.807) is 4.90 Å². The zero-order valence-corrected chi connectivity index (χ0v) is 13.8. The first kappa shape index (κ1) is 16.1. The molecule has 2 aromatic rings. The Hall–Kier alpha value is -2.29. The molecule has 1 unspecified atom stereocenters. The number of aryl methyl sites for hydroxylation is 2. The predicted octanol–water partition coefficient (Wildman–Crippen LogP) is 3.76. The predicted molar refractivity (Wildman–Crippen MR) is 91.9 cm³/mol. The number of nitrogens with zero attached hydrogens (tertiary/aromatic N) is 1. The van der Waals surface area contributed by atoms with Crippen molar-refractivity contribution >= 4 is 11.6 Å². The minimum absolute atomic E-state index is 0.0853. The highest BCUT2D eigenvalue weighted by Crippen LogP contribution is 2.15. The highest BCUT2D eigenvalue weighted by molar-refractivity contribution is 5.84. The molecular weight excluding hydrogens is 272 g/mol. The summed E-state index contributed by atoms with van der Waals surface area (Å²) >= 11 is 0. The number of hydrogen-bond donors (Lipinski definition) is 1. The standard InChI is InChI=1S/C19H24N2O/c1-14-10-11-18(12-15(14)2)20-16(3)19(22)21(4)13-17-8-6-5-7-9-17/h5-12,16,20H,13H2,1-4H3. The van der Waals surface area contributed by atoms with Crippen molar-refractivity contribution in [3.8, 4) is 0 Å². The normalized spacial score (nSPS) is 11.8. The van der Waals surface area contributed by atoms with E-state index in [0.717, 1.165) is 11.3 Å². The third-order valence-electron chi connectivity index (χ3n) is 3.90. The van der Waals surface area contributed by atoms with E-state index in [1.807, 2.05) is 50.4 Å². The summed E-state index contributed by atoms with van der Waals surface area (Å²) in [6, 6.07) is 15.9. The van der Waals surface area contributed by atoms with E-state index in [0.29, 0.717) is 6.54 Å². The number of carbonyl (C=O) groups is 1. The van der Waals surface area contributed by atoms with E-state index in [-0.39, 0.29) is 11.9 Å². The van der Waals surface area contributed by atoms with Crippen LogP contribution in [-0.4, -0.2) is 23.9 Å². The van der Waals surface area contributed by atoms with Crippen molar-refractivity contribution in [2.24, 2.45) is 0 Å². The smallest absolute Gasteiger partial charge is 0.244 e. The first-order chi connectivity index (χ1) is 10.5. The zero-order chi connectivity index (χ0) is 16.1.